The fourth-order valence-electron chi connectivity index (χ4n) is 6.15. The van der Waals surface area contributed by atoms with E-state index in [9.17, 15) is 13.2 Å². The molecular weight excluding hydrogens is 490 g/mol. The summed E-state index contributed by atoms with van der Waals surface area (Å²) in [5, 5.41) is 3.76. The number of aryl methyl sites for hydroxylation is 1. The van der Waals surface area contributed by atoms with E-state index in [0.29, 0.717) is 16.4 Å². The molecule has 2 aliphatic carbocycles. The second-order valence-electron chi connectivity index (χ2n) is 10.8. The average Bonchev–Trinajstić information content (AvgIpc) is 2.84. The number of nitrogens with one attached hydrogen (secondary N) is 1. The first-order chi connectivity index (χ1) is 17.6. The van der Waals surface area contributed by atoms with Gasteiger partial charge in [0, 0.05) is 17.7 Å². The van der Waals surface area contributed by atoms with Gasteiger partial charge in [-0.2, -0.15) is 0 Å². The van der Waals surface area contributed by atoms with Crippen molar-refractivity contribution in [3.63, 3.8) is 0 Å². The van der Waals surface area contributed by atoms with Crippen molar-refractivity contribution in [1.29, 1.82) is 0 Å². The molecule has 5 rings (SSSR count). The van der Waals surface area contributed by atoms with E-state index in [1.165, 1.54) is 49.5 Å². The van der Waals surface area contributed by atoms with Crippen LogP contribution in [0.2, 0.25) is 0 Å². The predicted molar refractivity (Wildman–Crippen MR) is 143 cm³/mol. The molecule has 0 aromatic heterocycles. The zero-order chi connectivity index (χ0) is 26.6. The van der Waals surface area contributed by atoms with Gasteiger partial charge in [0.15, 0.2) is 9.84 Å². The highest BCUT2D eigenvalue weighted by atomic mass is 32.2. The monoisotopic (exact) mass is 529 g/mol. The molecule has 0 unspecified atom stereocenters. The lowest BCUT2D eigenvalue weighted by Crippen LogP contribution is -2.59. The van der Waals surface area contributed by atoms with E-state index in [4.69, 9.17) is 14.2 Å². The van der Waals surface area contributed by atoms with Gasteiger partial charge in [-0.15, -0.1) is 0 Å². The summed E-state index contributed by atoms with van der Waals surface area (Å²) >= 11 is 0. The third-order valence-electron chi connectivity index (χ3n) is 7.80. The van der Waals surface area contributed by atoms with E-state index in [1.54, 1.807) is 38.1 Å². The molecule has 3 atom stereocenters. The van der Waals surface area contributed by atoms with Gasteiger partial charge in [0.1, 0.15) is 5.75 Å². The van der Waals surface area contributed by atoms with Crippen molar-refractivity contribution in [3.8, 4) is 5.75 Å². The van der Waals surface area contributed by atoms with Crippen molar-refractivity contribution in [2.24, 2.45) is 5.92 Å². The van der Waals surface area contributed by atoms with Crippen LogP contribution in [-0.4, -0.2) is 46.3 Å². The van der Waals surface area contributed by atoms with Crippen LogP contribution in [0.5, 0.6) is 5.75 Å². The van der Waals surface area contributed by atoms with Crippen molar-refractivity contribution in [1.82, 2.24) is 5.32 Å². The highest BCUT2D eigenvalue weighted by molar-refractivity contribution is 7.90. The molecular formula is C29H39NO6S. The average molecular weight is 530 g/mol. The Morgan fingerprint density at radius 3 is 2.57 bits per heavy atom. The smallest absolute Gasteiger partial charge is 0.457 e. The minimum Gasteiger partial charge on any atom is -0.457 e. The maximum absolute atomic E-state index is 11.5. The van der Waals surface area contributed by atoms with Gasteiger partial charge in [0.2, 0.25) is 6.79 Å². The van der Waals surface area contributed by atoms with Gasteiger partial charge in [-0.3, -0.25) is 0 Å². The van der Waals surface area contributed by atoms with E-state index in [2.05, 4.69) is 17.4 Å². The zero-order valence-electron chi connectivity index (χ0n) is 22.3. The second kappa shape index (κ2) is 11.4. The fourth-order valence-corrected chi connectivity index (χ4v) is 6.78. The number of hydrogen-bond donors (Lipinski definition) is 1. The summed E-state index contributed by atoms with van der Waals surface area (Å²) in [7, 11) is -3.02. The molecule has 1 aliphatic heterocycles. The van der Waals surface area contributed by atoms with E-state index in [1.807, 2.05) is 13.0 Å². The maximum atomic E-state index is 11.5. The highest BCUT2D eigenvalue weighted by Crippen LogP contribution is 2.54. The molecule has 37 heavy (non-hydrogen) atoms. The second-order valence-corrected chi connectivity index (χ2v) is 12.8. The normalized spacial score (nSPS) is 24.1. The Morgan fingerprint density at radius 2 is 1.86 bits per heavy atom. The Balaban J connectivity index is 0.000000245. The maximum Gasteiger partial charge on any atom is 0.511 e. The van der Waals surface area contributed by atoms with Crippen molar-refractivity contribution in [3.05, 3.63) is 59.2 Å². The van der Waals surface area contributed by atoms with Crippen LogP contribution >= 0.6 is 0 Å². The molecule has 0 radical (unpaired) electrons. The summed E-state index contributed by atoms with van der Waals surface area (Å²) in [5.41, 5.74) is 4.30. The van der Waals surface area contributed by atoms with Crippen LogP contribution in [0.3, 0.4) is 0 Å². The summed E-state index contributed by atoms with van der Waals surface area (Å²) in [6.45, 7) is 6.49. The molecule has 1 saturated carbocycles. The van der Waals surface area contributed by atoms with Crippen molar-refractivity contribution < 1.29 is 27.4 Å². The Hall–Kier alpha value is -2.58. The van der Waals surface area contributed by atoms with E-state index in [0.717, 1.165) is 30.2 Å². The topological polar surface area (TPSA) is 90.9 Å². The number of piperidine rings is 1. The highest BCUT2D eigenvalue weighted by Gasteiger charge is 2.51. The SMILES string of the molecule is CC(C)OC(=O)OCOc1ccc2c(c1)[C@]13CCCC[C@@H]1[C@@H](C2)NCC3.Cc1ccc(S(C)(=O)=O)cc1. The summed E-state index contributed by atoms with van der Waals surface area (Å²) in [6, 6.07) is 13.8. The number of carbonyl (C=O) groups excluding carboxylic acids is 1. The summed E-state index contributed by atoms with van der Waals surface area (Å²) < 4.78 is 37.5. The number of ether oxygens (including phenoxy) is 3. The van der Waals surface area contributed by atoms with Crippen molar-refractivity contribution in [2.45, 2.75) is 81.8 Å². The molecule has 1 saturated heterocycles. The Kier molecular flexibility index (Phi) is 8.49. The lowest BCUT2D eigenvalue weighted by molar-refractivity contribution is -0.00834. The summed E-state index contributed by atoms with van der Waals surface area (Å²) in [5.74, 6) is 1.52. The van der Waals surface area contributed by atoms with Crippen LogP contribution in [0.15, 0.2) is 47.4 Å². The molecule has 2 bridgehead atoms. The third-order valence-corrected chi connectivity index (χ3v) is 8.93. The van der Waals surface area contributed by atoms with Crippen LogP contribution in [0, 0.1) is 12.8 Å². The lowest BCUT2D eigenvalue weighted by atomic mass is 9.53. The Morgan fingerprint density at radius 1 is 1.11 bits per heavy atom. The van der Waals surface area contributed by atoms with Gasteiger partial charge in [0.05, 0.1) is 11.0 Å². The first-order valence-electron chi connectivity index (χ1n) is 13.2. The Labute approximate surface area is 220 Å². The molecule has 1 heterocycles. The van der Waals surface area contributed by atoms with E-state index in [-0.39, 0.29) is 12.9 Å². The third kappa shape index (κ3) is 6.47. The molecule has 202 valence electrons. The predicted octanol–water partition coefficient (Wildman–Crippen LogP) is 5.33. The number of sulfone groups is 1. The first-order valence-corrected chi connectivity index (χ1v) is 15.1. The molecule has 7 nitrogen and oxygen atoms in total. The molecule has 1 N–H and O–H groups in total. The Bertz CT molecular complexity index is 1190. The van der Waals surface area contributed by atoms with Gasteiger partial charge in [-0.25, -0.2) is 13.2 Å². The van der Waals surface area contributed by atoms with Gasteiger partial charge in [-0.05, 0) is 94.3 Å². The molecule has 8 heteroatoms. The number of hydrogen-bond acceptors (Lipinski definition) is 7. The summed E-state index contributed by atoms with van der Waals surface area (Å²) in [4.78, 5) is 11.9. The molecule has 3 aliphatic rings. The largest absolute Gasteiger partial charge is 0.511 e. The van der Waals surface area contributed by atoms with E-state index < -0.39 is 16.0 Å². The summed E-state index contributed by atoms with van der Waals surface area (Å²) in [6.07, 6.45) is 7.92. The molecule has 0 amide bonds. The number of fused-ring (bicyclic) bond motifs is 1. The van der Waals surface area contributed by atoms with Gasteiger partial charge in [-0.1, -0.05) is 36.6 Å². The van der Waals surface area contributed by atoms with Crippen LogP contribution in [0.25, 0.3) is 0 Å². The zero-order valence-corrected chi connectivity index (χ0v) is 23.1. The fraction of sp³-hybridized carbons (Fsp3) is 0.552. The number of carbonyl (C=O) groups is 1. The van der Waals surface area contributed by atoms with Crippen LogP contribution in [-0.2, 0) is 31.1 Å². The molecule has 2 aromatic carbocycles. The van der Waals surface area contributed by atoms with Crippen molar-refractivity contribution >= 4 is 16.0 Å². The minimum absolute atomic E-state index is 0.120. The van der Waals surface area contributed by atoms with Gasteiger partial charge >= 0.3 is 6.16 Å². The van der Waals surface area contributed by atoms with Crippen LogP contribution in [0.1, 0.15) is 62.6 Å². The van der Waals surface area contributed by atoms with Crippen LogP contribution in [0.4, 0.5) is 4.79 Å². The van der Waals surface area contributed by atoms with Gasteiger partial charge in [0.25, 0.3) is 0 Å². The molecule has 2 aromatic rings. The number of rotatable bonds is 5. The quantitative estimate of drug-likeness (QED) is 0.414. The molecule has 2 fully saturated rings. The number of benzene rings is 2. The van der Waals surface area contributed by atoms with Crippen molar-refractivity contribution in [2.75, 3.05) is 19.6 Å². The lowest BCUT2D eigenvalue weighted by Gasteiger charge is -2.56. The first kappa shape index (κ1) is 27.5. The van der Waals surface area contributed by atoms with Crippen LogP contribution < -0.4 is 10.1 Å². The van der Waals surface area contributed by atoms with E-state index >= 15 is 0 Å². The van der Waals surface area contributed by atoms with Gasteiger partial charge < -0.3 is 19.5 Å². The standard InChI is InChI=1S/C21H29NO4.C8H10O2S/c1-14(2)26-20(23)25-13-24-16-7-6-15-11-19-17-5-3-4-8-21(17,9-10-22-19)18(15)12-16;1-7-3-5-8(6-4-7)11(2,9)10/h6-7,12,14,17,19,22H,3-5,8-11,13H2,1-2H3;3-6H,1-2H3/t17-,19-,21+;/m1./s1. The molecule has 0 spiro atoms. The minimum atomic E-state index is -3.02.